The molecule has 110 valence electrons. The van der Waals surface area contributed by atoms with E-state index >= 15 is 0 Å². The van der Waals surface area contributed by atoms with Gasteiger partial charge in [0.15, 0.2) is 0 Å². The number of rotatable bonds is 4. The zero-order valence-electron chi connectivity index (χ0n) is 10.7. The molecule has 7 heteroatoms. The number of aliphatic hydroxyl groups excluding tert-OH is 1. The van der Waals surface area contributed by atoms with E-state index in [-0.39, 0.29) is 5.69 Å². The van der Waals surface area contributed by atoms with Crippen molar-refractivity contribution in [2.75, 3.05) is 0 Å². The average Bonchev–Trinajstić information content (AvgIpc) is 2.47. The summed E-state index contributed by atoms with van der Waals surface area (Å²) in [7, 11) is 0. The SMILES string of the molecule is O=C(O)N[C@H](c1nc(Br)ccc1F)[C@@H](O)c1ccccc1. The standard InChI is InChI=1S/C14H12BrFN2O3/c15-10-7-6-9(16)11(17-10)12(18-14(20)21)13(19)8-4-2-1-3-5-8/h1-7,12-13,18-19H,(H,20,21)/t12-,13+/m1/s1. The first-order valence-corrected chi connectivity index (χ1v) is 6.82. The van der Waals surface area contributed by atoms with E-state index in [2.05, 4.69) is 26.2 Å². The molecule has 2 aromatic rings. The monoisotopic (exact) mass is 354 g/mol. The van der Waals surface area contributed by atoms with Crippen LogP contribution in [0.5, 0.6) is 0 Å². The lowest BCUT2D eigenvalue weighted by molar-refractivity contribution is 0.117. The molecule has 0 spiro atoms. The zero-order chi connectivity index (χ0) is 15.4. The van der Waals surface area contributed by atoms with E-state index in [9.17, 15) is 14.3 Å². The quantitative estimate of drug-likeness (QED) is 0.737. The van der Waals surface area contributed by atoms with E-state index in [0.717, 1.165) is 6.07 Å². The van der Waals surface area contributed by atoms with E-state index in [4.69, 9.17) is 5.11 Å². The number of aliphatic hydroxyl groups is 1. The maximum atomic E-state index is 13.9. The Morgan fingerprint density at radius 3 is 2.52 bits per heavy atom. The number of hydrogen-bond donors (Lipinski definition) is 3. The molecule has 0 aliphatic carbocycles. The lowest BCUT2D eigenvalue weighted by Gasteiger charge is -2.23. The molecule has 21 heavy (non-hydrogen) atoms. The van der Waals surface area contributed by atoms with Crippen molar-refractivity contribution in [3.63, 3.8) is 0 Å². The number of aromatic nitrogens is 1. The predicted octanol–water partition coefficient (Wildman–Crippen LogP) is 3.03. The third-order valence-electron chi connectivity index (χ3n) is 2.87. The summed E-state index contributed by atoms with van der Waals surface area (Å²) in [5, 5.41) is 21.4. The van der Waals surface area contributed by atoms with Crippen LogP contribution in [-0.4, -0.2) is 21.3 Å². The van der Waals surface area contributed by atoms with Crippen LogP contribution in [0.25, 0.3) is 0 Å². The van der Waals surface area contributed by atoms with Gasteiger partial charge in [-0.3, -0.25) is 0 Å². The summed E-state index contributed by atoms with van der Waals surface area (Å²) >= 11 is 3.10. The second kappa shape index (κ2) is 6.64. The number of hydrogen-bond acceptors (Lipinski definition) is 3. The van der Waals surface area contributed by atoms with Crippen LogP contribution < -0.4 is 5.32 Å². The van der Waals surface area contributed by atoms with Crippen LogP contribution in [-0.2, 0) is 0 Å². The summed E-state index contributed by atoms with van der Waals surface area (Å²) in [4.78, 5) is 14.9. The van der Waals surface area contributed by atoms with Gasteiger partial charge >= 0.3 is 6.09 Å². The molecule has 1 aromatic carbocycles. The van der Waals surface area contributed by atoms with Crippen LogP contribution in [0.15, 0.2) is 47.1 Å². The lowest BCUT2D eigenvalue weighted by atomic mass is 9.99. The van der Waals surface area contributed by atoms with Crippen molar-refractivity contribution in [3.8, 4) is 0 Å². The maximum Gasteiger partial charge on any atom is 0.405 e. The number of halogens is 2. The second-order valence-corrected chi connectivity index (χ2v) is 5.10. The first kappa shape index (κ1) is 15.4. The molecule has 1 amide bonds. The Bertz CT molecular complexity index is 639. The molecule has 1 heterocycles. The fourth-order valence-corrected chi connectivity index (χ4v) is 2.25. The van der Waals surface area contributed by atoms with Crippen LogP contribution in [0, 0.1) is 5.82 Å². The molecular formula is C14H12BrFN2O3. The third kappa shape index (κ3) is 3.77. The highest BCUT2D eigenvalue weighted by molar-refractivity contribution is 9.10. The Labute approximate surface area is 128 Å². The molecule has 0 saturated heterocycles. The molecular weight excluding hydrogens is 343 g/mol. The molecule has 2 atom stereocenters. The molecule has 0 aliphatic heterocycles. The normalized spacial score (nSPS) is 13.5. The van der Waals surface area contributed by atoms with Gasteiger partial charge in [-0.1, -0.05) is 30.3 Å². The predicted molar refractivity (Wildman–Crippen MR) is 77.2 cm³/mol. The summed E-state index contributed by atoms with van der Waals surface area (Å²) in [5.74, 6) is -0.702. The number of amides is 1. The van der Waals surface area contributed by atoms with Gasteiger partial charge in [-0.05, 0) is 33.6 Å². The van der Waals surface area contributed by atoms with Gasteiger partial charge in [0.2, 0.25) is 0 Å². The van der Waals surface area contributed by atoms with Gasteiger partial charge in [0, 0.05) is 0 Å². The van der Waals surface area contributed by atoms with Gasteiger partial charge in [0.25, 0.3) is 0 Å². The number of carbonyl (C=O) groups is 1. The minimum Gasteiger partial charge on any atom is -0.465 e. The number of nitrogens with zero attached hydrogens (tertiary/aromatic N) is 1. The Morgan fingerprint density at radius 2 is 1.90 bits per heavy atom. The molecule has 0 radical (unpaired) electrons. The summed E-state index contributed by atoms with van der Waals surface area (Å²) in [6, 6.07) is 9.72. The maximum absolute atomic E-state index is 13.9. The van der Waals surface area contributed by atoms with Gasteiger partial charge in [0.05, 0.1) is 0 Å². The fourth-order valence-electron chi connectivity index (χ4n) is 1.92. The van der Waals surface area contributed by atoms with Gasteiger partial charge < -0.3 is 15.5 Å². The van der Waals surface area contributed by atoms with Gasteiger partial charge in [-0.25, -0.2) is 14.2 Å². The molecule has 0 bridgehead atoms. The van der Waals surface area contributed by atoms with Crippen molar-refractivity contribution in [1.82, 2.24) is 10.3 Å². The topological polar surface area (TPSA) is 82.5 Å². The van der Waals surface area contributed by atoms with Crippen molar-refractivity contribution in [2.45, 2.75) is 12.1 Å². The molecule has 0 aliphatic rings. The molecule has 3 N–H and O–H groups in total. The minimum atomic E-state index is -1.38. The van der Waals surface area contributed by atoms with Gasteiger partial charge in [0.1, 0.15) is 28.3 Å². The van der Waals surface area contributed by atoms with Crippen LogP contribution in [0.2, 0.25) is 0 Å². The van der Waals surface area contributed by atoms with Crippen LogP contribution in [0.3, 0.4) is 0 Å². The molecule has 5 nitrogen and oxygen atoms in total. The zero-order valence-corrected chi connectivity index (χ0v) is 12.3. The second-order valence-electron chi connectivity index (χ2n) is 4.28. The largest absolute Gasteiger partial charge is 0.465 e. The first-order chi connectivity index (χ1) is 9.99. The number of nitrogens with one attached hydrogen (secondary N) is 1. The van der Waals surface area contributed by atoms with Crippen LogP contribution in [0.1, 0.15) is 23.4 Å². The van der Waals surface area contributed by atoms with Crippen molar-refractivity contribution in [3.05, 3.63) is 64.1 Å². The molecule has 2 rings (SSSR count). The molecule has 0 unspecified atom stereocenters. The highest BCUT2D eigenvalue weighted by Gasteiger charge is 2.28. The number of benzene rings is 1. The first-order valence-electron chi connectivity index (χ1n) is 6.03. The van der Waals surface area contributed by atoms with Crippen LogP contribution in [0.4, 0.5) is 9.18 Å². The Kier molecular flexibility index (Phi) is 4.87. The Hall–Kier alpha value is -1.99. The van der Waals surface area contributed by atoms with E-state index in [1.807, 2.05) is 0 Å². The lowest BCUT2D eigenvalue weighted by Crippen LogP contribution is -2.32. The third-order valence-corrected chi connectivity index (χ3v) is 3.31. The highest BCUT2D eigenvalue weighted by atomic mass is 79.9. The highest BCUT2D eigenvalue weighted by Crippen LogP contribution is 2.30. The summed E-state index contributed by atoms with van der Waals surface area (Å²) in [5.41, 5.74) is 0.278. The van der Waals surface area contributed by atoms with Gasteiger partial charge in [-0.15, -0.1) is 0 Å². The summed E-state index contributed by atoms with van der Waals surface area (Å²) in [6.07, 6.45) is -2.64. The van der Waals surface area contributed by atoms with E-state index in [1.165, 1.54) is 6.07 Å². The van der Waals surface area contributed by atoms with Crippen molar-refractivity contribution in [1.29, 1.82) is 0 Å². The van der Waals surface area contributed by atoms with Crippen molar-refractivity contribution in [2.24, 2.45) is 0 Å². The summed E-state index contributed by atoms with van der Waals surface area (Å²) in [6.45, 7) is 0. The van der Waals surface area contributed by atoms with E-state index in [0.29, 0.717) is 10.2 Å². The van der Waals surface area contributed by atoms with Crippen LogP contribution >= 0.6 is 15.9 Å². The van der Waals surface area contributed by atoms with Crippen molar-refractivity contribution < 1.29 is 19.4 Å². The number of carboxylic acid groups (broad SMARTS) is 1. The molecule has 0 saturated carbocycles. The Morgan fingerprint density at radius 1 is 1.24 bits per heavy atom. The smallest absolute Gasteiger partial charge is 0.405 e. The van der Waals surface area contributed by atoms with Gasteiger partial charge in [-0.2, -0.15) is 0 Å². The summed E-state index contributed by atoms with van der Waals surface area (Å²) < 4.78 is 14.3. The Balaban J connectivity index is 2.43. The molecule has 0 fully saturated rings. The van der Waals surface area contributed by atoms with Crippen molar-refractivity contribution >= 4 is 22.0 Å². The van der Waals surface area contributed by atoms with E-state index < -0.39 is 24.1 Å². The van der Waals surface area contributed by atoms with E-state index in [1.54, 1.807) is 30.3 Å². The minimum absolute atomic E-state index is 0.178. The molecule has 1 aromatic heterocycles. The number of pyridine rings is 1. The fraction of sp³-hybridized carbons (Fsp3) is 0.143. The average molecular weight is 355 g/mol.